The molecular formula is C15H13F3N2O4S. The highest BCUT2D eigenvalue weighted by molar-refractivity contribution is 7.17. The van der Waals surface area contributed by atoms with Crippen molar-refractivity contribution >= 4 is 23.2 Å². The van der Waals surface area contributed by atoms with Crippen LogP contribution in [-0.4, -0.2) is 34.4 Å². The van der Waals surface area contributed by atoms with E-state index in [0.717, 1.165) is 23.5 Å². The third-order valence-electron chi connectivity index (χ3n) is 3.06. The van der Waals surface area contributed by atoms with Crippen molar-refractivity contribution in [2.45, 2.75) is 26.3 Å². The molecule has 0 unspecified atom stereocenters. The molecule has 1 aromatic heterocycles. The van der Waals surface area contributed by atoms with Crippen molar-refractivity contribution in [3.05, 3.63) is 34.8 Å². The molecule has 25 heavy (non-hydrogen) atoms. The maximum Gasteiger partial charge on any atom is 0.573 e. The molecule has 2 aromatic rings. The number of aliphatic carboxylic acids is 1. The number of nitrogens with zero attached hydrogens (tertiary/aromatic N) is 1. The summed E-state index contributed by atoms with van der Waals surface area (Å²) in [4.78, 5) is 27.3. The van der Waals surface area contributed by atoms with Gasteiger partial charge in [-0.3, -0.25) is 9.59 Å². The Morgan fingerprint density at radius 2 is 1.88 bits per heavy atom. The van der Waals surface area contributed by atoms with Gasteiger partial charge in [-0.1, -0.05) is 0 Å². The van der Waals surface area contributed by atoms with Crippen molar-refractivity contribution in [1.29, 1.82) is 0 Å². The Bertz CT molecular complexity index is 787. The van der Waals surface area contributed by atoms with Crippen LogP contribution < -0.4 is 10.1 Å². The second-order valence-electron chi connectivity index (χ2n) is 5.04. The van der Waals surface area contributed by atoms with E-state index in [2.05, 4.69) is 15.0 Å². The zero-order valence-electron chi connectivity index (χ0n) is 13.0. The molecule has 0 fully saturated rings. The summed E-state index contributed by atoms with van der Waals surface area (Å²) in [5.41, 5.74) is 0.902. The van der Waals surface area contributed by atoms with E-state index >= 15 is 0 Å². The Balaban J connectivity index is 2.19. The van der Waals surface area contributed by atoms with Gasteiger partial charge in [-0.05, 0) is 38.1 Å². The van der Waals surface area contributed by atoms with Crippen LogP contribution in [0.25, 0.3) is 10.6 Å². The molecule has 0 aliphatic carbocycles. The molecule has 1 aromatic carbocycles. The largest absolute Gasteiger partial charge is 0.573 e. The molecule has 1 atom stereocenters. The van der Waals surface area contributed by atoms with E-state index < -0.39 is 24.3 Å². The molecule has 0 saturated carbocycles. The van der Waals surface area contributed by atoms with Gasteiger partial charge < -0.3 is 15.2 Å². The van der Waals surface area contributed by atoms with E-state index in [1.54, 1.807) is 6.92 Å². The number of amides is 1. The molecule has 0 aliphatic heterocycles. The van der Waals surface area contributed by atoms with Crippen LogP contribution in [0.15, 0.2) is 24.3 Å². The minimum atomic E-state index is -4.77. The Kier molecular flexibility index (Phi) is 5.31. The quantitative estimate of drug-likeness (QED) is 0.839. The van der Waals surface area contributed by atoms with Gasteiger partial charge in [-0.25, -0.2) is 4.98 Å². The van der Waals surface area contributed by atoms with Gasteiger partial charge in [0.1, 0.15) is 21.7 Å². The average Bonchev–Trinajstić information content (AvgIpc) is 2.88. The highest BCUT2D eigenvalue weighted by Crippen LogP contribution is 2.30. The predicted molar refractivity (Wildman–Crippen MR) is 83.5 cm³/mol. The average molecular weight is 374 g/mol. The molecule has 2 rings (SSSR count). The summed E-state index contributed by atoms with van der Waals surface area (Å²) < 4.78 is 40.2. The number of nitrogens with one attached hydrogen (secondary N) is 1. The van der Waals surface area contributed by atoms with Gasteiger partial charge in [-0.15, -0.1) is 24.5 Å². The Morgan fingerprint density at radius 3 is 2.40 bits per heavy atom. The van der Waals surface area contributed by atoms with Crippen molar-refractivity contribution in [3.63, 3.8) is 0 Å². The molecule has 10 heteroatoms. The number of alkyl halides is 3. The lowest BCUT2D eigenvalue weighted by atomic mass is 10.2. The van der Waals surface area contributed by atoms with Crippen LogP contribution >= 0.6 is 11.3 Å². The van der Waals surface area contributed by atoms with Crippen LogP contribution in [0.4, 0.5) is 13.2 Å². The fourth-order valence-corrected chi connectivity index (χ4v) is 2.83. The first-order valence-electron chi connectivity index (χ1n) is 6.94. The Labute approximate surface area is 144 Å². The standard InChI is InChI=1S/C15H13F3N2O4S/c1-7-11(12(21)19-8(2)14(22)23)25-13(20-7)9-3-5-10(6-4-9)24-15(16,17)18/h3-6,8H,1-2H3,(H,19,21)(H,22,23)/t8-/m0/s1. The molecule has 0 aliphatic rings. The molecule has 134 valence electrons. The van der Waals surface area contributed by atoms with Gasteiger partial charge in [0, 0.05) is 5.56 Å². The first-order valence-corrected chi connectivity index (χ1v) is 7.76. The number of halogens is 3. The molecule has 2 N–H and O–H groups in total. The zero-order valence-corrected chi connectivity index (χ0v) is 13.9. The van der Waals surface area contributed by atoms with Gasteiger partial charge in [0.2, 0.25) is 0 Å². The number of ether oxygens (including phenoxy) is 1. The number of aromatic nitrogens is 1. The summed E-state index contributed by atoms with van der Waals surface area (Å²) in [7, 11) is 0. The van der Waals surface area contributed by atoms with Gasteiger partial charge in [0.15, 0.2) is 0 Å². The molecule has 1 amide bonds. The number of hydrogen-bond donors (Lipinski definition) is 2. The maximum absolute atomic E-state index is 12.2. The van der Waals surface area contributed by atoms with Crippen LogP contribution in [0.3, 0.4) is 0 Å². The number of carboxylic acid groups (broad SMARTS) is 1. The third-order valence-corrected chi connectivity index (χ3v) is 4.26. The summed E-state index contributed by atoms with van der Waals surface area (Å²) >= 11 is 1.01. The second kappa shape index (κ2) is 7.09. The van der Waals surface area contributed by atoms with E-state index in [-0.39, 0.29) is 10.6 Å². The van der Waals surface area contributed by atoms with Crippen LogP contribution in [0, 0.1) is 6.92 Å². The SMILES string of the molecule is Cc1nc(-c2ccc(OC(F)(F)F)cc2)sc1C(=O)N[C@@H](C)C(=O)O. The van der Waals surface area contributed by atoms with Crippen LogP contribution in [0.1, 0.15) is 22.3 Å². The van der Waals surface area contributed by atoms with Gasteiger partial charge in [0.05, 0.1) is 5.69 Å². The van der Waals surface area contributed by atoms with Crippen molar-refractivity contribution in [3.8, 4) is 16.3 Å². The second-order valence-corrected chi connectivity index (χ2v) is 6.04. The first-order chi connectivity index (χ1) is 11.6. The first kappa shape index (κ1) is 18.7. The number of rotatable bonds is 5. The van der Waals surface area contributed by atoms with E-state index in [1.165, 1.54) is 19.1 Å². The van der Waals surface area contributed by atoms with Gasteiger partial charge in [-0.2, -0.15) is 0 Å². The lowest BCUT2D eigenvalue weighted by Crippen LogP contribution is -2.38. The number of benzene rings is 1. The van der Waals surface area contributed by atoms with Crippen LogP contribution in [0.5, 0.6) is 5.75 Å². The maximum atomic E-state index is 12.2. The number of carboxylic acids is 1. The summed E-state index contributed by atoms with van der Waals surface area (Å²) in [6.45, 7) is 2.92. The van der Waals surface area contributed by atoms with E-state index in [4.69, 9.17) is 5.11 Å². The molecule has 6 nitrogen and oxygen atoms in total. The molecule has 0 radical (unpaired) electrons. The Hall–Kier alpha value is -2.62. The minimum absolute atomic E-state index is 0.235. The topological polar surface area (TPSA) is 88.5 Å². The predicted octanol–water partition coefficient (Wildman–Crippen LogP) is 3.22. The smallest absolute Gasteiger partial charge is 0.480 e. The zero-order chi connectivity index (χ0) is 18.8. The number of carbonyl (C=O) groups is 2. The van der Waals surface area contributed by atoms with E-state index in [1.807, 2.05) is 0 Å². The minimum Gasteiger partial charge on any atom is -0.480 e. The fraction of sp³-hybridized carbons (Fsp3) is 0.267. The highest BCUT2D eigenvalue weighted by atomic mass is 32.1. The highest BCUT2D eigenvalue weighted by Gasteiger charge is 2.31. The molecule has 0 saturated heterocycles. The monoisotopic (exact) mass is 374 g/mol. The summed E-state index contributed by atoms with van der Waals surface area (Å²) in [5, 5.41) is 11.6. The van der Waals surface area contributed by atoms with Crippen LogP contribution in [-0.2, 0) is 4.79 Å². The van der Waals surface area contributed by atoms with Crippen LogP contribution in [0.2, 0.25) is 0 Å². The van der Waals surface area contributed by atoms with Crippen molar-refractivity contribution in [1.82, 2.24) is 10.3 Å². The normalized spacial score (nSPS) is 12.5. The molecular weight excluding hydrogens is 361 g/mol. The number of thiazole rings is 1. The summed E-state index contributed by atoms with van der Waals surface area (Å²) in [6.07, 6.45) is -4.77. The molecule has 0 spiro atoms. The molecule has 0 bridgehead atoms. The lowest BCUT2D eigenvalue weighted by molar-refractivity contribution is -0.274. The summed E-state index contributed by atoms with van der Waals surface area (Å²) in [6, 6.07) is 4.01. The summed E-state index contributed by atoms with van der Waals surface area (Å²) in [5.74, 6) is -2.11. The van der Waals surface area contributed by atoms with Gasteiger partial charge in [0.25, 0.3) is 5.91 Å². The third kappa shape index (κ3) is 4.92. The van der Waals surface area contributed by atoms with E-state index in [9.17, 15) is 22.8 Å². The van der Waals surface area contributed by atoms with Gasteiger partial charge >= 0.3 is 12.3 Å². The number of aryl methyl sites for hydroxylation is 1. The Morgan fingerprint density at radius 1 is 1.28 bits per heavy atom. The van der Waals surface area contributed by atoms with Crippen molar-refractivity contribution < 1.29 is 32.6 Å². The van der Waals surface area contributed by atoms with E-state index in [0.29, 0.717) is 16.3 Å². The fourth-order valence-electron chi connectivity index (χ4n) is 1.85. The van der Waals surface area contributed by atoms with Crippen molar-refractivity contribution in [2.24, 2.45) is 0 Å². The number of carbonyl (C=O) groups excluding carboxylic acids is 1. The lowest BCUT2D eigenvalue weighted by Gasteiger charge is -2.08. The van der Waals surface area contributed by atoms with Crippen molar-refractivity contribution in [2.75, 3.05) is 0 Å². The number of hydrogen-bond acceptors (Lipinski definition) is 5. The molecule has 1 heterocycles.